The number of carbonyl (C=O) groups is 1. The second-order valence-electron chi connectivity index (χ2n) is 6.45. The second kappa shape index (κ2) is 5.38. The summed E-state index contributed by atoms with van der Waals surface area (Å²) >= 11 is 0. The van der Waals surface area contributed by atoms with Crippen LogP contribution in [-0.2, 0) is 4.79 Å². The molecule has 0 spiro atoms. The molecule has 3 nitrogen and oxygen atoms in total. The Morgan fingerprint density at radius 2 is 1.88 bits per heavy atom. The minimum absolute atomic E-state index is 0.0682. The van der Waals surface area contributed by atoms with Gasteiger partial charge in [0.05, 0.1) is 6.04 Å². The largest absolute Gasteiger partial charge is 0.352 e. The molecular weight excluding hydrogens is 212 g/mol. The average Bonchev–Trinajstić information content (AvgIpc) is 2.33. The van der Waals surface area contributed by atoms with Crippen LogP contribution in [0.25, 0.3) is 0 Å². The standard InChI is InChI=1S/C14H26N2O/c1-14(2)8-6-11(7-9-14)16-13(17)12-5-3-4-10-15-12/h11-12,15H,3-10H2,1-2H3,(H,16,17)/t12-/m0/s1. The Bertz CT molecular complexity index is 259. The Morgan fingerprint density at radius 1 is 1.18 bits per heavy atom. The minimum Gasteiger partial charge on any atom is -0.352 e. The Morgan fingerprint density at radius 3 is 2.47 bits per heavy atom. The van der Waals surface area contributed by atoms with Crippen molar-refractivity contribution in [1.29, 1.82) is 0 Å². The maximum atomic E-state index is 12.1. The van der Waals surface area contributed by atoms with Gasteiger partial charge < -0.3 is 10.6 Å². The Labute approximate surface area is 105 Å². The van der Waals surface area contributed by atoms with Gasteiger partial charge in [0.1, 0.15) is 0 Å². The molecule has 1 saturated heterocycles. The smallest absolute Gasteiger partial charge is 0.237 e. The Balaban J connectivity index is 1.75. The van der Waals surface area contributed by atoms with E-state index in [2.05, 4.69) is 24.5 Å². The van der Waals surface area contributed by atoms with Gasteiger partial charge in [0.25, 0.3) is 0 Å². The van der Waals surface area contributed by atoms with Crippen molar-refractivity contribution in [3.63, 3.8) is 0 Å². The second-order valence-corrected chi connectivity index (χ2v) is 6.45. The number of nitrogens with one attached hydrogen (secondary N) is 2. The van der Waals surface area contributed by atoms with Crippen molar-refractivity contribution in [3.8, 4) is 0 Å². The molecular formula is C14H26N2O. The van der Waals surface area contributed by atoms with Gasteiger partial charge in [-0.2, -0.15) is 0 Å². The van der Waals surface area contributed by atoms with Crippen molar-refractivity contribution < 1.29 is 4.79 Å². The van der Waals surface area contributed by atoms with E-state index in [1.165, 1.54) is 25.7 Å². The van der Waals surface area contributed by atoms with Crippen LogP contribution in [0.5, 0.6) is 0 Å². The first-order valence-corrected chi connectivity index (χ1v) is 7.11. The molecule has 1 heterocycles. The van der Waals surface area contributed by atoms with E-state index < -0.39 is 0 Å². The van der Waals surface area contributed by atoms with Gasteiger partial charge in [-0.05, 0) is 50.5 Å². The van der Waals surface area contributed by atoms with Crippen molar-refractivity contribution in [3.05, 3.63) is 0 Å². The van der Waals surface area contributed by atoms with Gasteiger partial charge in [-0.15, -0.1) is 0 Å². The molecule has 1 amide bonds. The van der Waals surface area contributed by atoms with Crippen LogP contribution in [0.2, 0.25) is 0 Å². The van der Waals surface area contributed by atoms with Crippen molar-refractivity contribution in [2.45, 2.75) is 70.9 Å². The third-order valence-electron chi connectivity index (χ3n) is 4.31. The first kappa shape index (κ1) is 12.9. The molecule has 2 fully saturated rings. The number of piperidine rings is 1. The summed E-state index contributed by atoms with van der Waals surface area (Å²) in [7, 11) is 0. The van der Waals surface area contributed by atoms with Crippen LogP contribution >= 0.6 is 0 Å². The van der Waals surface area contributed by atoms with Gasteiger partial charge in [-0.3, -0.25) is 4.79 Å². The molecule has 1 aliphatic carbocycles. The van der Waals surface area contributed by atoms with Crippen molar-refractivity contribution in [2.75, 3.05) is 6.54 Å². The molecule has 2 N–H and O–H groups in total. The summed E-state index contributed by atoms with van der Waals surface area (Å²) in [5.74, 6) is 0.231. The molecule has 2 rings (SSSR count). The van der Waals surface area contributed by atoms with Gasteiger partial charge in [-0.25, -0.2) is 0 Å². The Hall–Kier alpha value is -0.570. The molecule has 2 aliphatic rings. The third-order valence-corrected chi connectivity index (χ3v) is 4.31. The van der Waals surface area contributed by atoms with Crippen LogP contribution in [0.3, 0.4) is 0 Å². The highest BCUT2D eigenvalue weighted by Crippen LogP contribution is 2.35. The van der Waals surface area contributed by atoms with Crippen LogP contribution < -0.4 is 10.6 Å². The van der Waals surface area contributed by atoms with E-state index >= 15 is 0 Å². The van der Waals surface area contributed by atoms with E-state index in [0.29, 0.717) is 11.5 Å². The first-order valence-electron chi connectivity index (χ1n) is 7.11. The number of amides is 1. The van der Waals surface area contributed by atoms with Gasteiger partial charge in [0, 0.05) is 6.04 Å². The van der Waals surface area contributed by atoms with E-state index in [1.807, 2.05) is 0 Å². The molecule has 98 valence electrons. The predicted molar refractivity (Wildman–Crippen MR) is 69.8 cm³/mol. The third kappa shape index (κ3) is 3.70. The zero-order valence-corrected chi connectivity index (χ0v) is 11.2. The number of rotatable bonds is 2. The summed E-state index contributed by atoms with van der Waals surface area (Å²) in [6.07, 6.45) is 8.15. The highest BCUT2D eigenvalue weighted by Gasteiger charge is 2.29. The molecule has 0 aromatic carbocycles. The first-order chi connectivity index (χ1) is 8.07. The lowest BCUT2D eigenvalue weighted by molar-refractivity contribution is -0.124. The van der Waals surface area contributed by atoms with E-state index in [-0.39, 0.29) is 11.9 Å². The SMILES string of the molecule is CC1(C)CCC(NC(=O)[C@@H]2CCCCN2)CC1. The molecule has 3 heteroatoms. The highest BCUT2D eigenvalue weighted by molar-refractivity contribution is 5.82. The zero-order chi connectivity index (χ0) is 12.3. The maximum Gasteiger partial charge on any atom is 0.237 e. The van der Waals surface area contributed by atoms with E-state index in [4.69, 9.17) is 0 Å². The fourth-order valence-electron chi connectivity index (χ4n) is 2.92. The van der Waals surface area contributed by atoms with Crippen LogP contribution in [0.15, 0.2) is 0 Å². The monoisotopic (exact) mass is 238 g/mol. The highest BCUT2D eigenvalue weighted by atomic mass is 16.2. The number of hydrogen-bond donors (Lipinski definition) is 2. The van der Waals surface area contributed by atoms with Gasteiger partial charge in [0.15, 0.2) is 0 Å². The summed E-state index contributed by atoms with van der Waals surface area (Å²) in [4.78, 5) is 12.1. The van der Waals surface area contributed by atoms with Gasteiger partial charge in [-0.1, -0.05) is 20.3 Å². The molecule has 0 bridgehead atoms. The molecule has 1 saturated carbocycles. The summed E-state index contributed by atoms with van der Waals surface area (Å²) in [5, 5.41) is 6.54. The van der Waals surface area contributed by atoms with Crippen LogP contribution in [0, 0.1) is 5.41 Å². The van der Waals surface area contributed by atoms with E-state index in [0.717, 1.165) is 25.8 Å². The molecule has 1 atom stereocenters. The fraction of sp³-hybridized carbons (Fsp3) is 0.929. The molecule has 0 aromatic heterocycles. The molecule has 0 unspecified atom stereocenters. The molecule has 0 aromatic rings. The minimum atomic E-state index is 0.0682. The van der Waals surface area contributed by atoms with Crippen molar-refractivity contribution >= 4 is 5.91 Å². The predicted octanol–water partition coefficient (Wildman–Crippen LogP) is 2.21. The zero-order valence-electron chi connectivity index (χ0n) is 11.2. The lowest BCUT2D eigenvalue weighted by Crippen LogP contribution is -2.50. The van der Waals surface area contributed by atoms with Gasteiger partial charge >= 0.3 is 0 Å². The topological polar surface area (TPSA) is 41.1 Å². The van der Waals surface area contributed by atoms with Crippen LogP contribution in [-0.4, -0.2) is 24.5 Å². The lowest BCUT2D eigenvalue weighted by atomic mass is 9.75. The lowest BCUT2D eigenvalue weighted by Gasteiger charge is -2.35. The maximum absolute atomic E-state index is 12.1. The fourth-order valence-corrected chi connectivity index (χ4v) is 2.92. The molecule has 1 aliphatic heterocycles. The van der Waals surface area contributed by atoms with E-state index in [1.54, 1.807) is 0 Å². The Kier molecular flexibility index (Phi) is 4.08. The van der Waals surface area contributed by atoms with E-state index in [9.17, 15) is 4.79 Å². The molecule has 17 heavy (non-hydrogen) atoms. The quantitative estimate of drug-likeness (QED) is 0.774. The summed E-state index contributed by atoms with van der Waals surface area (Å²) in [5.41, 5.74) is 0.477. The summed E-state index contributed by atoms with van der Waals surface area (Å²) < 4.78 is 0. The summed E-state index contributed by atoms with van der Waals surface area (Å²) in [6.45, 7) is 5.65. The number of hydrogen-bond acceptors (Lipinski definition) is 2. The number of carbonyl (C=O) groups excluding carboxylic acids is 1. The normalized spacial score (nSPS) is 29.9. The molecule has 0 radical (unpaired) electrons. The van der Waals surface area contributed by atoms with Crippen LogP contribution in [0.4, 0.5) is 0 Å². The van der Waals surface area contributed by atoms with Crippen molar-refractivity contribution in [2.24, 2.45) is 5.41 Å². The van der Waals surface area contributed by atoms with Crippen molar-refractivity contribution in [1.82, 2.24) is 10.6 Å². The van der Waals surface area contributed by atoms with Gasteiger partial charge in [0.2, 0.25) is 5.91 Å². The summed E-state index contributed by atoms with van der Waals surface area (Å²) in [6, 6.07) is 0.484. The average molecular weight is 238 g/mol. The van der Waals surface area contributed by atoms with Crippen LogP contribution in [0.1, 0.15) is 58.8 Å².